The summed E-state index contributed by atoms with van der Waals surface area (Å²) in [6.45, 7) is 2.14. The molecule has 0 amide bonds. The van der Waals surface area contributed by atoms with Crippen molar-refractivity contribution in [2.75, 3.05) is 0 Å². The van der Waals surface area contributed by atoms with Crippen LogP contribution in [0.2, 0.25) is 0 Å². The van der Waals surface area contributed by atoms with E-state index in [9.17, 15) is 0 Å². The molecule has 1 heterocycles. The standard InChI is InChI=1S/C10H9BrS2/c1-6-5-13-10-8(6)2-7(4-11)3-9(10)12/h2-3,5,12H,4H2,1H3. The van der Waals surface area contributed by atoms with Crippen molar-refractivity contribution in [1.82, 2.24) is 0 Å². The summed E-state index contributed by atoms with van der Waals surface area (Å²) in [6, 6.07) is 4.35. The molecule has 0 unspecified atom stereocenters. The molecule has 68 valence electrons. The van der Waals surface area contributed by atoms with E-state index in [0.29, 0.717) is 0 Å². The van der Waals surface area contributed by atoms with Crippen molar-refractivity contribution >= 4 is 50.0 Å². The van der Waals surface area contributed by atoms with Gasteiger partial charge in [-0.15, -0.1) is 24.0 Å². The van der Waals surface area contributed by atoms with Gasteiger partial charge in [0, 0.05) is 14.9 Å². The fraction of sp³-hybridized carbons (Fsp3) is 0.200. The van der Waals surface area contributed by atoms with E-state index in [4.69, 9.17) is 0 Å². The van der Waals surface area contributed by atoms with E-state index in [1.54, 1.807) is 11.3 Å². The van der Waals surface area contributed by atoms with Gasteiger partial charge in [0.05, 0.1) is 0 Å². The normalized spacial score (nSPS) is 11.0. The minimum atomic E-state index is 0.895. The first-order valence-electron chi connectivity index (χ1n) is 3.98. The first-order chi connectivity index (χ1) is 6.22. The van der Waals surface area contributed by atoms with Gasteiger partial charge in [0.25, 0.3) is 0 Å². The Labute approximate surface area is 95.5 Å². The highest BCUT2D eigenvalue weighted by atomic mass is 79.9. The number of aryl methyl sites for hydroxylation is 1. The number of hydrogen-bond donors (Lipinski definition) is 1. The van der Waals surface area contributed by atoms with Crippen LogP contribution in [0.5, 0.6) is 0 Å². The van der Waals surface area contributed by atoms with Crippen LogP contribution in [-0.4, -0.2) is 0 Å². The zero-order chi connectivity index (χ0) is 9.42. The first-order valence-corrected chi connectivity index (χ1v) is 6.43. The van der Waals surface area contributed by atoms with E-state index in [2.05, 4.69) is 53.0 Å². The number of hydrogen-bond acceptors (Lipinski definition) is 2. The number of benzene rings is 1. The fourth-order valence-corrected chi connectivity index (χ4v) is 3.09. The lowest BCUT2D eigenvalue weighted by atomic mass is 10.1. The molecule has 0 saturated carbocycles. The Morgan fingerprint density at radius 3 is 2.92 bits per heavy atom. The van der Waals surface area contributed by atoms with Gasteiger partial charge in [0.2, 0.25) is 0 Å². The van der Waals surface area contributed by atoms with Crippen LogP contribution < -0.4 is 0 Å². The molecule has 1 aromatic carbocycles. The smallest absolute Gasteiger partial charge is 0.0478 e. The maximum Gasteiger partial charge on any atom is 0.0478 e. The third kappa shape index (κ3) is 1.65. The molecule has 0 nitrogen and oxygen atoms in total. The van der Waals surface area contributed by atoms with Crippen LogP contribution in [0.4, 0.5) is 0 Å². The molecule has 0 fully saturated rings. The quantitative estimate of drug-likeness (QED) is 0.578. The van der Waals surface area contributed by atoms with Crippen LogP contribution in [0.3, 0.4) is 0 Å². The summed E-state index contributed by atoms with van der Waals surface area (Å²) in [7, 11) is 0. The second-order valence-corrected chi connectivity index (χ2v) is 4.97. The Balaban J connectivity index is 2.80. The molecule has 0 aliphatic rings. The second-order valence-electron chi connectivity index (χ2n) is 3.04. The topological polar surface area (TPSA) is 0 Å². The molecule has 3 heteroatoms. The Morgan fingerprint density at radius 2 is 2.23 bits per heavy atom. The van der Waals surface area contributed by atoms with E-state index in [1.807, 2.05) is 0 Å². The number of rotatable bonds is 1. The zero-order valence-corrected chi connectivity index (χ0v) is 10.5. The maximum atomic E-state index is 4.48. The van der Waals surface area contributed by atoms with Crippen LogP contribution in [0.25, 0.3) is 10.1 Å². The summed E-state index contributed by atoms with van der Waals surface area (Å²) in [5.41, 5.74) is 2.64. The van der Waals surface area contributed by atoms with Crippen molar-refractivity contribution in [3.8, 4) is 0 Å². The second kappa shape index (κ2) is 3.64. The minimum Gasteiger partial charge on any atom is -0.142 e. The Hall–Kier alpha value is 0.01000. The molecule has 0 aliphatic heterocycles. The molecule has 0 aliphatic carbocycles. The Bertz CT molecular complexity index is 445. The SMILES string of the molecule is Cc1csc2c(S)cc(CBr)cc12. The van der Waals surface area contributed by atoms with Gasteiger partial charge in [0.1, 0.15) is 0 Å². The Morgan fingerprint density at radius 1 is 1.46 bits per heavy atom. The minimum absolute atomic E-state index is 0.895. The van der Waals surface area contributed by atoms with Gasteiger partial charge in [-0.3, -0.25) is 0 Å². The largest absolute Gasteiger partial charge is 0.142 e. The molecular formula is C10H9BrS2. The molecule has 2 aromatic rings. The third-order valence-electron chi connectivity index (χ3n) is 2.06. The average molecular weight is 273 g/mol. The highest BCUT2D eigenvalue weighted by Gasteiger charge is 2.04. The molecule has 0 N–H and O–H groups in total. The van der Waals surface area contributed by atoms with Gasteiger partial charge in [-0.05, 0) is 40.9 Å². The molecule has 1 aromatic heterocycles. The predicted octanol–water partition coefficient (Wildman–Crippen LogP) is 4.39. The molecule has 0 saturated heterocycles. The van der Waals surface area contributed by atoms with Gasteiger partial charge in [0.15, 0.2) is 0 Å². The van der Waals surface area contributed by atoms with Crippen molar-refractivity contribution in [1.29, 1.82) is 0 Å². The van der Waals surface area contributed by atoms with Crippen LogP contribution in [-0.2, 0) is 5.33 Å². The van der Waals surface area contributed by atoms with E-state index < -0.39 is 0 Å². The molecule has 0 atom stereocenters. The lowest BCUT2D eigenvalue weighted by Crippen LogP contribution is -1.78. The summed E-state index contributed by atoms with van der Waals surface area (Å²) >= 11 is 9.70. The van der Waals surface area contributed by atoms with Gasteiger partial charge in [-0.25, -0.2) is 0 Å². The van der Waals surface area contributed by atoms with E-state index >= 15 is 0 Å². The molecule has 2 rings (SSSR count). The summed E-state index contributed by atoms with van der Waals surface area (Å²) < 4.78 is 1.30. The van der Waals surface area contributed by atoms with E-state index in [-0.39, 0.29) is 0 Å². The average Bonchev–Trinajstić information content (AvgIpc) is 2.48. The monoisotopic (exact) mass is 272 g/mol. The molecule has 0 bridgehead atoms. The van der Waals surface area contributed by atoms with Gasteiger partial charge < -0.3 is 0 Å². The van der Waals surface area contributed by atoms with Crippen molar-refractivity contribution in [3.63, 3.8) is 0 Å². The van der Waals surface area contributed by atoms with Gasteiger partial charge in [-0.1, -0.05) is 15.9 Å². The van der Waals surface area contributed by atoms with Crippen molar-refractivity contribution in [3.05, 3.63) is 28.6 Å². The predicted molar refractivity (Wildman–Crippen MR) is 66.4 cm³/mol. The van der Waals surface area contributed by atoms with Crippen molar-refractivity contribution in [2.24, 2.45) is 0 Å². The van der Waals surface area contributed by atoms with Gasteiger partial charge in [-0.2, -0.15) is 0 Å². The lowest BCUT2D eigenvalue weighted by Gasteiger charge is -2.00. The summed E-state index contributed by atoms with van der Waals surface area (Å²) in [6.07, 6.45) is 0. The number of halogens is 1. The molecule has 0 spiro atoms. The highest BCUT2D eigenvalue weighted by Crippen LogP contribution is 2.32. The Kier molecular flexibility index (Phi) is 2.67. The van der Waals surface area contributed by atoms with Crippen molar-refractivity contribution < 1.29 is 0 Å². The number of fused-ring (bicyclic) bond motifs is 1. The number of thiol groups is 1. The first kappa shape index (κ1) is 9.56. The summed E-state index contributed by atoms with van der Waals surface area (Å²) in [5, 5.41) is 4.42. The summed E-state index contributed by atoms with van der Waals surface area (Å²) in [4.78, 5) is 1.09. The molecule has 13 heavy (non-hydrogen) atoms. The maximum absolute atomic E-state index is 4.48. The molecule has 0 radical (unpaired) electrons. The van der Waals surface area contributed by atoms with Crippen molar-refractivity contribution in [2.45, 2.75) is 17.1 Å². The van der Waals surface area contributed by atoms with Crippen LogP contribution in [0.1, 0.15) is 11.1 Å². The van der Waals surface area contributed by atoms with Crippen LogP contribution in [0.15, 0.2) is 22.4 Å². The number of alkyl halides is 1. The molecular weight excluding hydrogens is 264 g/mol. The van der Waals surface area contributed by atoms with E-state index in [0.717, 1.165) is 10.2 Å². The third-order valence-corrected chi connectivity index (χ3v) is 4.36. The van der Waals surface area contributed by atoms with E-state index in [1.165, 1.54) is 21.2 Å². The van der Waals surface area contributed by atoms with Crippen LogP contribution >= 0.6 is 39.9 Å². The lowest BCUT2D eigenvalue weighted by molar-refractivity contribution is 1.40. The highest BCUT2D eigenvalue weighted by molar-refractivity contribution is 9.08. The van der Waals surface area contributed by atoms with Gasteiger partial charge >= 0.3 is 0 Å². The zero-order valence-electron chi connectivity index (χ0n) is 7.17. The fourth-order valence-electron chi connectivity index (χ4n) is 1.38. The summed E-state index contributed by atoms with van der Waals surface area (Å²) in [5.74, 6) is 0. The number of thiophene rings is 1. The van der Waals surface area contributed by atoms with Crippen LogP contribution in [0, 0.1) is 6.92 Å².